The minimum Gasteiger partial charge on any atom is -0.394 e. The number of aliphatic hydroxyl groups is 8. The lowest BCUT2D eigenvalue weighted by Crippen LogP contribution is -2.64. The van der Waals surface area contributed by atoms with E-state index in [1.807, 2.05) is 0 Å². The molecule has 4 unspecified atom stereocenters. The van der Waals surface area contributed by atoms with Crippen LogP contribution in [0.5, 0.6) is 0 Å². The molecule has 0 radical (unpaired) electrons. The maximum atomic E-state index is 9.94. The highest BCUT2D eigenvalue weighted by Crippen LogP contribution is 2.28. The Kier molecular flexibility index (Phi) is 6.27. The normalized spacial score (nSPS) is 51.7. The van der Waals surface area contributed by atoms with Crippen LogP contribution >= 0.6 is 0 Å². The fourth-order valence-corrected chi connectivity index (χ4v) is 2.55. The number of hydrogen-bond acceptors (Lipinski definition) is 11. The van der Waals surface area contributed by atoms with Crippen molar-refractivity contribution in [2.45, 2.75) is 61.4 Å². The molecule has 0 saturated carbocycles. The van der Waals surface area contributed by atoms with Gasteiger partial charge in [-0.3, -0.25) is 0 Å². The molecule has 0 amide bonds. The van der Waals surface area contributed by atoms with Crippen LogP contribution in [0.15, 0.2) is 0 Å². The average molecular weight is 342 g/mol. The van der Waals surface area contributed by atoms with E-state index in [1.54, 1.807) is 0 Å². The summed E-state index contributed by atoms with van der Waals surface area (Å²) < 4.78 is 15.1. The van der Waals surface area contributed by atoms with Gasteiger partial charge in [0.2, 0.25) is 0 Å². The summed E-state index contributed by atoms with van der Waals surface area (Å²) in [7, 11) is 0. The van der Waals surface area contributed by atoms with Crippen LogP contribution in [0.3, 0.4) is 0 Å². The summed E-state index contributed by atoms with van der Waals surface area (Å²) in [5.74, 6) is 0. The van der Waals surface area contributed by atoms with Crippen molar-refractivity contribution < 1.29 is 55.1 Å². The van der Waals surface area contributed by atoms with E-state index in [4.69, 9.17) is 24.4 Å². The van der Waals surface area contributed by atoms with E-state index in [0.717, 1.165) is 0 Å². The Morgan fingerprint density at radius 1 is 0.652 bits per heavy atom. The molecule has 10 atom stereocenters. The molecule has 2 rings (SSSR count). The van der Waals surface area contributed by atoms with Gasteiger partial charge in [0.25, 0.3) is 0 Å². The minimum absolute atomic E-state index is 0.651. The van der Waals surface area contributed by atoms with Gasteiger partial charge in [-0.2, -0.15) is 0 Å². The monoisotopic (exact) mass is 342 g/mol. The maximum Gasteiger partial charge on any atom is 0.187 e. The van der Waals surface area contributed by atoms with Crippen LogP contribution < -0.4 is 0 Å². The number of hydrogen-bond donors (Lipinski definition) is 8. The predicted octanol–water partition coefficient (Wildman–Crippen LogP) is -5.40. The van der Waals surface area contributed by atoms with E-state index >= 15 is 0 Å². The van der Waals surface area contributed by atoms with Gasteiger partial charge in [-0.1, -0.05) is 0 Å². The van der Waals surface area contributed by atoms with E-state index in [2.05, 4.69) is 0 Å². The third-order valence-electron chi connectivity index (χ3n) is 3.98. The van der Waals surface area contributed by atoms with E-state index in [0.29, 0.717) is 0 Å². The highest BCUT2D eigenvalue weighted by atomic mass is 16.7. The second-order valence-corrected chi connectivity index (χ2v) is 5.53. The quantitative estimate of drug-likeness (QED) is 0.243. The van der Waals surface area contributed by atoms with Crippen molar-refractivity contribution in [3.8, 4) is 0 Å². The van der Waals surface area contributed by atoms with Crippen LogP contribution in [0.25, 0.3) is 0 Å². The zero-order valence-corrected chi connectivity index (χ0v) is 12.0. The fraction of sp³-hybridized carbons (Fsp3) is 1.00. The van der Waals surface area contributed by atoms with Gasteiger partial charge in [0.1, 0.15) is 48.8 Å². The van der Waals surface area contributed by atoms with Gasteiger partial charge in [-0.05, 0) is 0 Å². The first kappa shape index (κ1) is 18.9. The first-order valence-corrected chi connectivity index (χ1v) is 7.08. The van der Waals surface area contributed by atoms with Crippen LogP contribution in [0.1, 0.15) is 0 Å². The SMILES string of the molecule is OCC1O[C@H](O[C@H]2C(O)[C@H](O)C(CO)O[C@H]2O)[C@@H](O)C(O)[C@@H]1O. The zero-order chi connectivity index (χ0) is 17.3. The highest BCUT2D eigenvalue weighted by molar-refractivity contribution is 4.93. The summed E-state index contributed by atoms with van der Waals surface area (Å²) in [5, 5.41) is 76.7. The van der Waals surface area contributed by atoms with Crippen LogP contribution in [0.2, 0.25) is 0 Å². The molecule has 136 valence electrons. The van der Waals surface area contributed by atoms with Crippen molar-refractivity contribution in [3.63, 3.8) is 0 Å². The lowest BCUT2D eigenvalue weighted by Gasteiger charge is -2.44. The molecule has 11 nitrogen and oxygen atoms in total. The summed E-state index contributed by atoms with van der Waals surface area (Å²) >= 11 is 0. The van der Waals surface area contributed by atoms with Crippen LogP contribution in [-0.2, 0) is 14.2 Å². The van der Waals surface area contributed by atoms with Crippen molar-refractivity contribution in [1.82, 2.24) is 0 Å². The molecule has 2 heterocycles. The molecule has 0 aliphatic carbocycles. The standard InChI is InChI=1S/C12H22O11/c13-1-3-6(16)8(18)10(11(20)21-3)23-12-9(19)7(17)5(15)4(2-14)22-12/h3-20H,1-2H2/t3?,4?,5-,6-,7?,8?,9+,10+,11-,12-/m1/s1. The average Bonchev–Trinajstić information content (AvgIpc) is 2.54. The molecule has 0 spiro atoms. The van der Waals surface area contributed by atoms with Crippen LogP contribution in [-0.4, -0.2) is 115 Å². The molecule has 2 aliphatic heterocycles. The summed E-state index contributed by atoms with van der Waals surface area (Å²) in [6, 6.07) is 0. The van der Waals surface area contributed by atoms with Crippen molar-refractivity contribution in [2.24, 2.45) is 0 Å². The largest absolute Gasteiger partial charge is 0.394 e. The van der Waals surface area contributed by atoms with Gasteiger partial charge < -0.3 is 55.1 Å². The van der Waals surface area contributed by atoms with Crippen LogP contribution in [0, 0.1) is 0 Å². The Hall–Kier alpha value is -0.440. The molecule has 0 bridgehead atoms. The molecule has 2 aliphatic rings. The van der Waals surface area contributed by atoms with Crippen molar-refractivity contribution in [1.29, 1.82) is 0 Å². The summed E-state index contributed by atoms with van der Waals surface area (Å²) in [5.41, 5.74) is 0. The van der Waals surface area contributed by atoms with Crippen molar-refractivity contribution in [2.75, 3.05) is 13.2 Å². The Bertz CT molecular complexity index is 380. The highest BCUT2D eigenvalue weighted by Gasteiger charge is 2.50. The van der Waals surface area contributed by atoms with E-state index < -0.39 is 74.6 Å². The topological polar surface area (TPSA) is 190 Å². The Labute approximate surface area is 130 Å². The number of ether oxygens (including phenoxy) is 3. The second kappa shape index (κ2) is 7.63. The smallest absolute Gasteiger partial charge is 0.187 e. The molecular formula is C12H22O11. The Morgan fingerprint density at radius 2 is 1.17 bits per heavy atom. The summed E-state index contributed by atoms with van der Waals surface area (Å²) in [4.78, 5) is 0. The molecule has 0 aromatic carbocycles. The molecule has 23 heavy (non-hydrogen) atoms. The molecule has 2 saturated heterocycles. The van der Waals surface area contributed by atoms with Crippen LogP contribution in [0.4, 0.5) is 0 Å². The lowest BCUT2D eigenvalue weighted by atomic mass is 9.97. The summed E-state index contributed by atoms with van der Waals surface area (Å²) in [6.07, 6.45) is -15.6. The summed E-state index contributed by atoms with van der Waals surface area (Å²) in [6.45, 7) is -1.33. The van der Waals surface area contributed by atoms with Gasteiger partial charge in [0.05, 0.1) is 13.2 Å². The van der Waals surface area contributed by atoms with Crippen molar-refractivity contribution >= 4 is 0 Å². The predicted molar refractivity (Wildman–Crippen MR) is 68.6 cm³/mol. The third-order valence-corrected chi connectivity index (χ3v) is 3.98. The molecule has 0 aromatic heterocycles. The molecule has 8 N–H and O–H groups in total. The maximum absolute atomic E-state index is 9.94. The van der Waals surface area contributed by atoms with Crippen molar-refractivity contribution in [3.05, 3.63) is 0 Å². The second-order valence-electron chi connectivity index (χ2n) is 5.53. The third kappa shape index (κ3) is 3.65. The molecule has 11 heteroatoms. The molecule has 0 aromatic rings. The zero-order valence-electron chi connectivity index (χ0n) is 12.0. The molecular weight excluding hydrogens is 320 g/mol. The van der Waals surface area contributed by atoms with Gasteiger partial charge in [-0.15, -0.1) is 0 Å². The van der Waals surface area contributed by atoms with E-state index in [-0.39, 0.29) is 0 Å². The van der Waals surface area contributed by atoms with Gasteiger partial charge in [0.15, 0.2) is 12.6 Å². The number of rotatable bonds is 4. The minimum atomic E-state index is -1.75. The van der Waals surface area contributed by atoms with E-state index in [1.165, 1.54) is 0 Å². The Morgan fingerprint density at radius 3 is 1.74 bits per heavy atom. The van der Waals surface area contributed by atoms with E-state index in [9.17, 15) is 30.6 Å². The lowest BCUT2D eigenvalue weighted by molar-refractivity contribution is -0.361. The van der Waals surface area contributed by atoms with Gasteiger partial charge in [-0.25, -0.2) is 0 Å². The van der Waals surface area contributed by atoms with Gasteiger partial charge in [0, 0.05) is 0 Å². The molecule has 2 fully saturated rings. The fourth-order valence-electron chi connectivity index (χ4n) is 2.55. The van der Waals surface area contributed by atoms with Gasteiger partial charge >= 0.3 is 0 Å². The first-order chi connectivity index (χ1) is 10.8. The Balaban J connectivity index is 2.08. The first-order valence-electron chi connectivity index (χ1n) is 7.08. The number of aliphatic hydroxyl groups excluding tert-OH is 8.